The van der Waals surface area contributed by atoms with Crippen LogP contribution in [0.1, 0.15) is 12.8 Å². The van der Waals surface area contributed by atoms with Crippen molar-refractivity contribution >= 4 is 104 Å². The average Bonchev–Trinajstić information content (AvgIpc) is 3.41. The lowest BCUT2D eigenvalue weighted by Gasteiger charge is -2.10. The van der Waals surface area contributed by atoms with Gasteiger partial charge in [0, 0.05) is 32.8 Å². The van der Waals surface area contributed by atoms with Crippen molar-refractivity contribution < 1.29 is 9.59 Å². The van der Waals surface area contributed by atoms with Crippen molar-refractivity contribution in [2.75, 3.05) is 34.5 Å². The highest BCUT2D eigenvalue weighted by Gasteiger charge is 2.20. The van der Waals surface area contributed by atoms with Gasteiger partial charge in [0.1, 0.15) is 0 Å². The Morgan fingerprint density at radius 3 is 1.67 bits per heavy atom. The Kier molecular flexibility index (Phi) is 15.2. The zero-order valence-electron chi connectivity index (χ0n) is 16.6. The SMILES string of the molecule is C=CC(=O)SCC1=CSC(CSCCCCSCC2SC=C(CSC(=O)C=C)S2)S1. The van der Waals surface area contributed by atoms with Gasteiger partial charge in [-0.05, 0) is 47.3 Å². The summed E-state index contributed by atoms with van der Waals surface area (Å²) in [7, 11) is 0. The van der Waals surface area contributed by atoms with Crippen LogP contribution in [0.2, 0.25) is 0 Å². The van der Waals surface area contributed by atoms with E-state index in [2.05, 4.69) is 24.0 Å². The molecule has 30 heavy (non-hydrogen) atoms. The molecule has 0 N–H and O–H groups in total. The molecule has 0 fully saturated rings. The van der Waals surface area contributed by atoms with Crippen molar-refractivity contribution in [3.8, 4) is 0 Å². The van der Waals surface area contributed by atoms with Gasteiger partial charge in [-0.25, -0.2) is 0 Å². The van der Waals surface area contributed by atoms with Crippen molar-refractivity contribution in [3.05, 3.63) is 45.9 Å². The molecule has 2 atom stereocenters. The van der Waals surface area contributed by atoms with E-state index in [0.29, 0.717) is 9.16 Å². The van der Waals surface area contributed by atoms with E-state index in [9.17, 15) is 9.59 Å². The lowest BCUT2D eigenvalue weighted by atomic mass is 10.4. The third-order valence-electron chi connectivity index (χ3n) is 3.65. The second-order valence-electron chi connectivity index (χ2n) is 6.02. The summed E-state index contributed by atoms with van der Waals surface area (Å²) < 4.78 is 1.19. The molecule has 2 unspecified atom stereocenters. The summed E-state index contributed by atoms with van der Waals surface area (Å²) in [6.45, 7) is 7.02. The smallest absolute Gasteiger partial charge is 0.211 e. The third-order valence-corrected chi connectivity index (χ3v) is 14.3. The lowest BCUT2D eigenvalue weighted by Crippen LogP contribution is -1.99. The Hall–Kier alpha value is 1.10. The quantitative estimate of drug-likeness (QED) is 0.151. The largest absolute Gasteiger partial charge is 0.282 e. The van der Waals surface area contributed by atoms with Crippen LogP contribution in [0.5, 0.6) is 0 Å². The molecule has 0 amide bonds. The first-order chi connectivity index (χ1) is 14.6. The van der Waals surface area contributed by atoms with Crippen molar-refractivity contribution in [3.63, 3.8) is 0 Å². The van der Waals surface area contributed by atoms with E-state index in [1.165, 1.54) is 81.3 Å². The van der Waals surface area contributed by atoms with Crippen LogP contribution in [-0.4, -0.2) is 53.9 Å². The highest BCUT2D eigenvalue weighted by Crippen LogP contribution is 2.43. The first-order valence-electron chi connectivity index (χ1n) is 9.37. The molecule has 2 heterocycles. The molecule has 0 aromatic rings. The second kappa shape index (κ2) is 16.7. The highest BCUT2D eigenvalue weighted by atomic mass is 32.2. The number of thioether (sulfide) groups is 8. The molecule has 0 spiro atoms. The van der Waals surface area contributed by atoms with Gasteiger partial charge < -0.3 is 0 Å². The molecule has 0 saturated carbocycles. The van der Waals surface area contributed by atoms with E-state index >= 15 is 0 Å². The number of unbranched alkanes of at least 4 members (excludes halogenated alkanes) is 1. The summed E-state index contributed by atoms with van der Waals surface area (Å²) in [5, 5.41) is 4.53. The Labute approximate surface area is 214 Å². The number of rotatable bonds is 15. The fraction of sp³-hybridized carbons (Fsp3) is 0.500. The Balaban J connectivity index is 1.38. The summed E-state index contributed by atoms with van der Waals surface area (Å²) in [5.41, 5.74) is 0. The molecule has 0 aliphatic carbocycles. The van der Waals surface area contributed by atoms with Crippen LogP contribution in [-0.2, 0) is 9.59 Å². The molecule has 0 saturated heterocycles. The zero-order valence-corrected chi connectivity index (χ0v) is 23.1. The predicted octanol–water partition coefficient (Wildman–Crippen LogP) is 7.42. The van der Waals surface area contributed by atoms with Gasteiger partial charge in [-0.1, -0.05) is 36.7 Å². The van der Waals surface area contributed by atoms with Crippen LogP contribution in [0.4, 0.5) is 0 Å². The standard InChI is InChI=1S/C20H26O2S8/c1-3-17(21)25-9-15-11-27-19(29-15)13-23-7-5-6-8-24-14-20-28-12-16(30-20)10-26-18(22)4-2/h3-4,11-12,19-20H,1-2,5-10,13-14H2. The number of carbonyl (C=O) groups excluding carboxylic acids is 2. The topological polar surface area (TPSA) is 34.1 Å². The summed E-state index contributed by atoms with van der Waals surface area (Å²) in [4.78, 5) is 25.2. The van der Waals surface area contributed by atoms with E-state index in [0.717, 1.165) is 11.5 Å². The molecular weight excluding hydrogens is 529 g/mol. The van der Waals surface area contributed by atoms with Crippen LogP contribution < -0.4 is 0 Å². The van der Waals surface area contributed by atoms with Gasteiger partial charge in [-0.3, -0.25) is 9.59 Å². The number of hydrogen-bond acceptors (Lipinski definition) is 10. The third kappa shape index (κ3) is 11.8. The Bertz CT molecular complexity index is 605. The molecule has 10 heteroatoms. The molecule has 2 nitrogen and oxygen atoms in total. The zero-order chi connectivity index (χ0) is 21.6. The van der Waals surface area contributed by atoms with Crippen molar-refractivity contribution in [1.29, 1.82) is 0 Å². The number of carbonyl (C=O) groups is 2. The first-order valence-corrected chi connectivity index (χ1v) is 17.3. The predicted molar refractivity (Wildman–Crippen MR) is 153 cm³/mol. The normalized spacial score (nSPS) is 20.7. The molecule has 0 bridgehead atoms. The van der Waals surface area contributed by atoms with Crippen LogP contribution in [0.25, 0.3) is 0 Å². The maximum atomic E-state index is 11.3. The van der Waals surface area contributed by atoms with Gasteiger partial charge in [-0.2, -0.15) is 23.5 Å². The number of hydrogen-bond donors (Lipinski definition) is 0. The van der Waals surface area contributed by atoms with Crippen LogP contribution >= 0.6 is 94.1 Å². The fourth-order valence-electron chi connectivity index (χ4n) is 2.20. The minimum Gasteiger partial charge on any atom is -0.282 e. The van der Waals surface area contributed by atoms with E-state index < -0.39 is 0 Å². The Morgan fingerprint density at radius 2 is 1.27 bits per heavy atom. The summed E-state index contributed by atoms with van der Waals surface area (Å²) in [6, 6.07) is 0. The fourth-order valence-corrected chi connectivity index (χ4v) is 11.9. The van der Waals surface area contributed by atoms with Crippen molar-refractivity contribution in [2.45, 2.75) is 22.0 Å². The first kappa shape index (κ1) is 27.3. The molecule has 2 rings (SSSR count). The maximum absolute atomic E-state index is 11.3. The minimum absolute atomic E-state index is 0.0537. The minimum atomic E-state index is 0.0537. The van der Waals surface area contributed by atoms with E-state index in [-0.39, 0.29) is 10.2 Å². The van der Waals surface area contributed by atoms with Crippen molar-refractivity contribution in [1.82, 2.24) is 0 Å². The molecule has 2 aliphatic rings. The summed E-state index contributed by atoms with van der Waals surface area (Å²) in [5.74, 6) is 6.34. The maximum Gasteiger partial charge on any atom is 0.211 e. The van der Waals surface area contributed by atoms with Crippen LogP contribution in [0, 0.1) is 0 Å². The molecule has 0 aromatic heterocycles. The van der Waals surface area contributed by atoms with Gasteiger partial charge in [0.2, 0.25) is 10.2 Å². The molecule has 2 aliphatic heterocycles. The average molecular weight is 555 g/mol. The lowest BCUT2D eigenvalue weighted by molar-refractivity contribution is -0.107. The van der Waals surface area contributed by atoms with Gasteiger partial charge in [-0.15, -0.1) is 47.0 Å². The van der Waals surface area contributed by atoms with Crippen molar-refractivity contribution in [2.24, 2.45) is 0 Å². The van der Waals surface area contributed by atoms with Gasteiger partial charge in [0.15, 0.2) is 0 Å². The van der Waals surface area contributed by atoms with Gasteiger partial charge in [0.05, 0.1) is 9.16 Å². The summed E-state index contributed by atoms with van der Waals surface area (Å²) in [6.07, 6.45) is 5.32. The molecular formula is C20H26O2S8. The van der Waals surface area contributed by atoms with E-state index in [1.54, 1.807) is 0 Å². The monoisotopic (exact) mass is 554 g/mol. The van der Waals surface area contributed by atoms with Gasteiger partial charge in [0.25, 0.3) is 0 Å². The molecule has 0 aromatic carbocycles. The van der Waals surface area contributed by atoms with Crippen LogP contribution in [0.15, 0.2) is 45.9 Å². The van der Waals surface area contributed by atoms with Crippen LogP contribution in [0.3, 0.4) is 0 Å². The second-order valence-corrected chi connectivity index (χ2v) is 15.7. The Morgan fingerprint density at radius 1 is 0.833 bits per heavy atom. The molecule has 0 radical (unpaired) electrons. The summed E-state index contributed by atoms with van der Waals surface area (Å²) >= 11 is 14.4. The van der Waals surface area contributed by atoms with E-state index in [1.807, 2.05) is 70.6 Å². The van der Waals surface area contributed by atoms with Gasteiger partial charge >= 0.3 is 0 Å². The highest BCUT2D eigenvalue weighted by molar-refractivity contribution is 8.25. The van der Waals surface area contributed by atoms with E-state index in [4.69, 9.17) is 0 Å². The molecule has 166 valence electrons.